The Kier molecular flexibility index (Phi) is 5.75. The molecule has 1 saturated heterocycles. The second-order valence-electron chi connectivity index (χ2n) is 5.04. The van der Waals surface area contributed by atoms with Crippen molar-refractivity contribution in [3.63, 3.8) is 0 Å². The van der Waals surface area contributed by atoms with Crippen molar-refractivity contribution in [3.05, 3.63) is 0 Å². The van der Waals surface area contributed by atoms with E-state index in [1.807, 2.05) is 0 Å². The SMILES string of the molecule is CN(C)C(=O)N1CCC(C(=O)NCC(O)C(=O)O)CC1. The second kappa shape index (κ2) is 7.09. The number of nitrogens with one attached hydrogen (secondary N) is 1. The molecule has 1 aliphatic rings. The number of carboxylic acids is 1. The lowest BCUT2D eigenvalue weighted by Crippen LogP contribution is -2.47. The highest BCUT2D eigenvalue weighted by Gasteiger charge is 2.28. The third-order valence-electron chi connectivity index (χ3n) is 3.27. The standard InChI is InChI=1S/C12H21N3O5/c1-14(2)12(20)15-5-3-8(4-6-15)10(17)13-7-9(16)11(18)19/h8-9,16H,3-7H2,1-2H3,(H,13,17)(H,18,19). The molecule has 0 saturated carbocycles. The van der Waals surface area contributed by atoms with Gasteiger partial charge in [0.25, 0.3) is 0 Å². The molecule has 1 rings (SSSR count). The first-order valence-electron chi connectivity index (χ1n) is 6.47. The molecule has 1 aliphatic heterocycles. The third kappa shape index (κ3) is 4.37. The van der Waals surface area contributed by atoms with Crippen LogP contribution in [0, 0.1) is 5.92 Å². The fourth-order valence-corrected chi connectivity index (χ4v) is 2.04. The number of aliphatic hydroxyl groups is 1. The maximum atomic E-state index is 11.8. The molecule has 0 aliphatic carbocycles. The monoisotopic (exact) mass is 287 g/mol. The van der Waals surface area contributed by atoms with Crippen molar-refractivity contribution in [1.82, 2.24) is 15.1 Å². The molecule has 0 aromatic rings. The van der Waals surface area contributed by atoms with Crippen LogP contribution in [0.1, 0.15) is 12.8 Å². The molecular formula is C12H21N3O5. The molecule has 8 heteroatoms. The lowest BCUT2D eigenvalue weighted by Gasteiger charge is -2.33. The van der Waals surface area contributed by atoms with Gasteiger partial charge in [-0.1, -0.05) is 0 Å². The van der Waals surface area contributed by atoms with Crippen molar-refractivity contribution in [2.24, 2.45) is 5.92 Å². The van der Waals surface area contributed by atoms with E-state index in [0.29, 0.717) is 25.9 Å². The van der Waals surface area contributed by atoms with Gasteiger partial charge in [0.1, 0.15) is 0 Å². The van der Waals surface area contributed by atoms with Gasteiger partial charge in [-0.3, -0.25) is 4.79 Å². The number of aliphatic carboxylic acids is 1. The second-order valence-corrected chi connectivity index (χ2v) is 5.04. The summed E-state index contributed by atoms with van der Waals surface area (Å²) >= 11 is 0. The minimum atomic E-state index is -1.59. The van der Waals surface area contributed by atoms with Crippen LogP contribution >= 0.6 is 0 Å². The number of amides is 3. The van der Waals surface area contributed by atoms with E-state index < -0.39 is 12.1 Å². The van der Waals surface area contributed by atoms with E-state index in [1.54, 1.807) is 19.0 Å². The number of carboxylic acid groups (broad SMARTS) is 1. The Morgan fingerprint density at radius 2 is 1.85 bits per heavy atom. The van der Waals surface area contributed by atoms with Crippen LogP contribution in [-0.4, -0.2) is 77.8 Å². The smallest absolute Gasteiger partial charge is 0.334 e. The number of hydrogen-bond acceptors (Lipinski definition) is 4. The van der Waals surface area contributed by atoms with Crippen molar-refractivity contribution < 1.29 is 24.6 Å². The first-order chi connectivity index (χ1) is 9.32. The van der Waals surface area contributed by atoms with Gasteiger partial charge < -0.3 is 25.3 Å². The number of urea groups is 1. The van der Waals surface area contributed by atoms with Crippen molar-refractivity contribution in [2.45, 2.75) is 18.9 Å². The molecule has 0 aromatic carbocycles. The molecule has 0 bridgehead atoms. The Morgan fingerprint density at radius 3 is 2.30 bits per heavy atom. The molecule has 0 radical (unpaired) electrons. The van der Waals surface area contributed by atoms with Gasteiger partial charge in [0.2, 0.25) is 5.91 Å². The van der Waals surface area contributed by atoms with E-state index in [-0.39, 0.29) is 24.4 Å². The Morgan fingerprint density at radius 1 is 1.30 bits per heavy atom. The number of likely N-dealkylation sites (tertiary alicyclic amines) is 1. The Balaban J connectivity index is 2.36. The summed E-state index contributed by atoms with van der Waals surface area (Å²) in [6.07, 6.45) is -0.516. The number of nitrogens with zero attached hydrogens (tertiary/aromatic N) is 2. The van der Waals surface area contributed by atoms with Gasteiger partial charge in [0.15, 0.2) is 6.10 Å². The van der Waals surface area contributed by atoms with E-state index in [2.05, 4.69) is 5.32 Å². The average molecular weight is 287 g/mol. The predicted molar refractivity (Wildman–Crippen MR) is 70.0 cm³/mol. The summed E-state index contributed by atoms with van der Waals surface area (Å²) in [5, 5.41) is 20.0. The first-order valence-corrected chi connectivity index (χ1v) is 6.47. The highest BCUT2D eigenvalue weighted by molar-refractivity contribution is 5.80. The summed E-state index contributed by atoms with van der Waals surface area (Å²) in [5.41, 5.74) is 0. The highest BCUT2D eigenvalue weighted by atomic mass is 16.4. The zero-order chi connectivity index (χ0) is 15.3. The van der Waals surface area contributed by atoms with Crippen LogP contribution in [0.25, 0.3) is 0 Å². The molecule has 3 N–H and O–H groups in total. The number of carbonyl (C=O) groups excluding carboxylic acids is 2. The van der Waals surface area contributed by atoms with Gasteiger partial charge in [-0.05, 0) is 12.8 Å². The summed E-state index contributed by atoms with van der Waals surface area (Å²) in [6, 6.07) is -0.0786. The van der Waals surface area contributed by atoms with Gasteiger partial charge in [-0.15, -0.1) is 0 Å². The van der Waals surface area contributed by atoms with Crippen LogP contribution in [0.2, 0.25) is 0 Å². The summed E-state index contributed by atoms with van der Waals surface area (Å²) in [5.74, 6) is -1.89. The zero-order valence-corrected chi connectivity index (χ0v) is 11.7. The van der Waals surface area contributed by atoms with E-state index in [1.165, 1.54) is 4.90 Å². The number of aliphatic hydroxyl groups excluding tert-OH is 1. The Hall–Kier alpha value is -1.83. The van der Waals surface area contributed by atoms with Crippen LogP contribution in [0.3, 0.4) is 0 Å². The van der Waals surface area contributed by atoms with Crippen molar-refractivity contribution in [1.29, 1.82) is 0 Å². The normalized spacial score (nSPS) is 17.4. The van der Waals surface area contributed by atoms with Gasteiger partial charge >= 0.3 is 12.0 Å². The van der Waals surface area contributed by atoms with E-state index >= 15 is 0 Å². The topological polar surface area (TPSA) is 110 Å². The van der Waals surface area contributed by atoms with Crippen molar-refractivity contribution in [3.8, 4) is 0 Å². The molecule has 0 spiro atoms. The number of rotatable bonds is 4. The van der Waals surface area contributed by atoms with Gasteiger partial charge in [-0.2, -0.15) is 0 Å². The molecule has 20 heavy (non-hydrogen) atoms. The van der Waals surface area contributed by atoms with Gasteiger partial charge in [0.05, 0.1) is 6.54 Å². The summed E-state index contributed by atoms with van der Waals surface area (Å²) in [4.78, 5) is 37.1. The van der Waals surface area contributed by atoms with E-state index in [0.717, 1.165) is 0 Å². The third-order valence-corrected chi connectivity index (χ3v) is 3.27. The Bertz CT molecular complexity index is 377. The van der Waals surface area contributed by atoms with Crippen LogP contribution in [-0.2, 0) is 9.59 Å². The van der Waals surface area contributed by atoms with Gasteiger partial charge in [0, 0.05) is 33.1 Å². The maximum Gasteiger partial charge on any atom is 0.334 e. The number of hydrogen-bond donors (Lipinski definition) is 3. The van der Waals surface area contributed by atoms with Crippen molar-refractivity contribution in [2.75, 3.05) is 33.7 Å². The van der Waals surface area contributed by atoms with Crippen LogP contribution in [0.5, 0.6) is 0 Å². The molecule has 1 atom stereocenters. The van der Waals surface area contributed by atoms with Crippen LogP contribution in [0.15, 0.2) is 0 Å². The molecule has 0 aromatic heterocycles. The fourth-order valence-electron chi connectivity index (χ4n) is 2.04. The fraction of sp³-hybridized carbons (Fsp3) is 0.750. The summed E-state index contributed by atoms with van der Waals surface area (Å²) < 4.78 is 0. The van der Waals surface area contributed by atoms with Crippen molar-refractivity contribution >= 4 is 17.9 Å². The van der Waals surface area contributed by atoms with E-state index in [9.17, 15) is 14.4 Å². The Labute approximate surface area is 117 Å². The zero-order valence-electron chi connectivity index (χ0n) is 11.7. The lowest BCUT2D eigenvalue weighted by molar-refractivity contribution is -0.146. The minimum Gasteiger partial charge on any atom is -0.479 e. The highest BCUT2D eigenvalue weighted by Crippen LogP contribution is 2.18. The molecule has 3 amide bonds. The van der Waals surface area contributed by atoms with Crippen LogP contribution < -0.4 is 5.32 Å². The summed E-state index contributed by atoms with van der Waals surface area (Å²) in [7, 11) is 3.35. The van der Waals surface area contributed by atoms with Gasteiger partial charge in [-0.25, -0.2) is 9.59 Å². The number of piperidine rings is 1. The molecular weight excluding hydrogens is 266 g/mol. The molecule has 8 nitrogen and oxygen atoms in total. The van der Waals surface area contributed by atoms with E-state index in [4.69, 9.17) is 10.2 Å². The largest absolute Gasteiger partial charge is 0.479 e. The van der Waals surface area contributed by atoms with Crippen LogP contribution in [0.4, 0.5) is 4.79 Å². The predicted octanol–water partition coefficient (Wildman–Crippen LogP) is -1.06. The molecule has 114 valence electrons. The first kappa shape index (κ1) is 16.2. The minimum absolute atomic E-state index is 0.0786. The average Bonchev–Trinajstić information content (AvgIpc) is 2.43. The molecule has 1 fully saturated rings. The molecule has 1 heterocycles. The lowest BCUT2D eigenvalue weighted by atomic mass is 9.96. The quantitative estimate of drug-likeness (QED) is 0.610. The number of carbonyl (C=O) groups is 3. The molecule has 1 unspecified atom stereocenters. The summed E-state index contributed by atoms with van der Waals surface area (Å²) in [6.45, 7) is 0.693. The maximum absolute atomic E-state index is 11.8.